The van der Waals surface area contributed by atoms with Gasteiger partial charge in [0.2, 0.25) is 0 Å². The van der Waals surface area contributed by atoms with Gasteiger partial charge in [-0.05, 0) is 44.0 Å². The number of aryl methyl sites for hydroxylation is 1. The molecule has 0 aliphatic rings. The van der Waals surface area contributed by atoms with Gasteiger partial charge in [0.05, 0.1) is 18.2 Å². The maximum absolute atomic E-state index is 12.4. The van der Waals surface area contributed by atoms with Crippen LogP contribution in [0.25, 0.3) is 0 Å². The highest BCUT2D eigenvalue weighted by molar-refractivity contribution is 5.95. The van der Waals surface area contributed by atoms with Crippen molar-refractivity contribution < 1.29 is 19.1 Å². The number of anilines is 1. The minimum Gasteiger partial charge on any atom is -0.495 e. The summed E-state index contributed by atoms with van der Waals surface area (Å²) in [6.45, 7) is 5.10. The predicted molar refractivity (Wildman–Crippen MR) is 96.8 cm³/mol. The fourth-order valence-electron chi connectivity index (χ4n) is 2.39. The molecular formula is C20H23NO4. The fourth-order valence-corrected chi connectivity index (χ4v) is 2.39. The molecule has 0 saturated carbocycles. The number of benzene rings is 2. The Hall–Kier alpha value is -2.82. The monoisotopic (exact) mass is 341 g/mol. The zero-order chi connectivity index (χ0) is 18.4. The molecule has 2 aromatic rings. The highest BCUT2D eigenvalue weighted by Crippen LogP contribution is 2.26. The Morgan fingerprint density at radius 3 is 2.40 bits per heavy atom. The fraction of sp³-hybridized carbons (Fsp3) is 0.300. The van der Waals surface area contributed by atoms with E-state index in [2.05, 4.69) is 5.32 Å². The van der Waals surface area contributed by atoms with Gasteiger partial charge in [-0.3, -0.25) is 9.59 Å². The molecule has 0 aromatic heterocycles. The molecule has 5 nitrogen and oxygen atoms in total. The van der Waals surface area contributed by atoms with Gasteiger partial charge in [-0.2, -0.15) is 0 Å². The highest BCUT2D eigenvalue weighted by atomic mass is 16.5. The molecule has 0 spiro atoms. The molecule has 0 fully saturated rings. The van der Waals surface area contributed by atoms with Gasteiger partial charge < -0.3 is 14.8 Å². The molecule has 0 heterocycles. The Morgan fingerprint density at radius 1 is 1.08 bits per heavy atom. The van der Waals surface area contributed by atoms with Crippen LogP contribution in [0.5, 0.6) is 5.75 Å². The molecular weight excluding hydrogens is 318 g/mol. The van der Waals surface area contributed by atoms with Crippen LogP contribution in [0.15, 0.2) is 48.5 Å². The molecule has 0 atom stereocenters. The normalized spacial score (nSPS) is 10.9. The van der Waals surface area contributed by atoms with Crippen LogP contribution in [-0.2, 0) is 19.7 Å². The number of ether oxygens (including phenoxy) is 2. The molecule has 1 N–H and O–H groups in total. The first kappa shape index (κ1) is 18.5. The minimum absolute atomic E-state index is 0.355. The first-order chi connectivity index (χ1) is 11.8. The van der Waals surface area contributed by atoms with Crippen LogP contribution in [0.2, 0.25) is 0 Å². The standard InChI is InChI=1S/C20H23NO4/c1-14-10-11-17(24-4)16(12-14)21-18(22)13-25-19(23)20(2,3)15-8-6-5-7-9-15/h5-12H,13H2,1-4H3,(H,21,22). The molecule has 1 amide bonds. The molecule has 0 bridgehead atoms. The summed E-state index contributed by atoms with van der Waals surface area (Å²) in [6, 6.07) is 14.8. The summed E-state index contributed by atoms with van der Waals surface area (Å²) in [5, 5.41) is 2.71. The van der Waals surface area contributed by atoms with Crippen molar-refractivity contribution >= 4 is 17.6 Å². The van der Waals surface area contributed by atoms with Crippen LogP contribution in [0.1, 0.15) is 25.0 Å². The first-order valence-corrected chi connectivity index (χ1v) is 8.02. The highest BCUT2D eigenvalue weighted by Gasteiger charge is 2.31. The summed E-state index contributed by atoms with van der Waals surface area (Å²) >= 11 is 0. The lowest BCUT2D eigenvalue weighted by Crippen LogP contribution is -2.33. The molecule has 2 rings (SSSR count). The number of carbonyl (C=O) groups is 2. The Kier molecular flexibility index (Phi) is 5.80. The van der Waals surface area contributed by atoms with E-state index in [1.807, 2.05) is 43.3 Å². The summed E-state index contributed by atoms with van der Waals surface area (Å²) in [5.74, 6) is -0.318. The summed E-state index contributed by atoms with van der Waals surface area (Å²) < 4.78 is 10.4. The van der Waals surface area contributed by atoms with Crippen LogP contribution < -0.4 is 10.1 Å². The quantitative estimate of drug-likeness (QED) is 0.817. The number of rotatable bonds is 6. The number of nitrogens with one attached hydrogen (secondary N) is 1. The lowest BCUT2D eigenvalue weighted by molar-refractivity contribution is -0.152. The number of amides is 1. The molecule has 0 aliphatic carbocycles. The topological polar surface area (TPSA) is 64.6 Å². The van der Waals surface area contributed by atoms with E-state index in [4.69, 9.17) is 9.47 Å². The average Bonchev–Trinajstić information content (AvgIpc) is 2.60. The number of esters is 1. The smallest absolute Gasteiger partial charge is 0.316 e. The van der Waals surface area contributed by atoms with Crippen molar-refractivity contribution in [2.24, 2.45) is 0 Å². The molecule has 5 heteroatoms. The minimum atomic E-state index is -0.831. The second-order valence-corrected chi connectivity index (χ2v) is 6.32. The van der Waals surface area contributed by atoms with Crippen molar-refractivity contribution in [1.29, 1.82) is 0 Å². The maximum Gasteiger partial charge on any atom is 0.316 e. The molecule has 0 unspecified atom stereocenters. The second kappa shape index (κ2) is 7.83. The van der Waals surface area contributed by atoms with E-state index in [-0.39, 0.29) is 6.61 Å². The van der Waals surface area contributed by atoms with Crippen LogP contribution in [0.3, 0.4) is 0 Å². The van der Waals surface area contributed by atoms with Gasteiger partial charge in [0.15, 0.2) is 6.61 Å². The maximum atomic E-state index is 12.4. The zero-order valence-corrected chi connectivity index (χ0v) is 15.0. The largest absolute Gasteiger partial charge is 0.495 e. The van der Waals surface area contributed by atoms with Crippen molar-refractivity contribution in [2.45, 2.75) is 26.2 Å². The summed E-state index contributed by atoms with van der Waals surface area (Å²) in [6.07, 6.45) is 0. The molecule has 2 aromatic carbocycles. The zero-order valence-electron chi connectivity index (χ0n) is 15.0. The van der Waals surface area contributed by atoms with Crippen molar-refractivity contribution in [3.05, 3.63) is 59.7 Å². The summed E-state index contributed by atoms with van der Waals surface area (Å²) in [7, 11) is 1.53. The lowest BCUT2D eigenvalue weighted by atomic mass is 9.85. The Bertz CT molecular complexity index is 754. The van der Waals surface area contributed by atoms with Gasteiger partial charge in [-0.15, -0.1) is 0 Å². The second-order valence-electron chi connectivity index (χ2n) is 6.32. The lowest BCUT2D eigenvalue weighted by Gasteiger charge is -2.23. The Morgan fingerprint density at radius 2 is 1.76 bits per heavy atom. The van der Waals surface area contributed by atoms with Crippen molar-refractivity contribution in [2.75, 3.05) is 19.0 Å². The van der Waals surface area contributed by atoms with E-state index >= 15 is 0 Å². The SMILES string of the molecule is COc1ccc(C)cc1NC(=O)COC(=O)C(C)(C)c1ccccc1. The van der Waals surface area contributed by atoms with E-state index in [0.29, 0.717) is 11.4 Å². The third kappa shape index (κ3) is 4.59. The van der Waals surface area contributed by atoms with Gasteiger partial charge in [-0.1, -0.05) is 36.4 Å². The van der Waals surface area contributed by atoms with E-state index in [9.17, 15) is 9.59 Å². The van der Waals surface area contributed by atoms with Crippen LogP contribution in [0, 0.1) is 6.92 Å². The third-order valence-corrected chi connectivity index (χ3v) is 3.97. The van der Waals surface area contributed by atoms with Gasteiger partial charge in [0.1, 0.15) is 5.75 Å². The molecule has 0 saturated heterocycles. The van der Waals surface area contributed by atoms with Crippen molar-refractivity contribution in [3.63, 3.8) is 0 Å². The first-order valence-electron chi connectivity index (χ1n) is 8.02. The number of methoxy groups -OCH3 is 1. The average molecular weight is 341 g/mol. The van der Waals surface area contributed by atoms with Gasteiger partial charge in [0, 0.05) is 0 Å². The third-order valence-electron chi connectivity index (χ3n) is 3.97. The van der Waals surface area contributed by atoms with E-state index in [1.165, 1.54) is 7.11 Å². The van der Waals surface area contributed by atoms with Crippen LogP contribution in [-0.4, -0.2) is 25.6 Å². The summed E-state index contributed by atoms with van der Waals surface area (Å²) in [5.41, 5.74) is 1.53. The Labute approximate surface area is 148 Å². The number of hydrogen-bond donors (Lipinski definition) is 1. The molecule has 25 heavy (non-hydrogen) atoms. The number of carbonyl (C=O) groups excluding carboxylic acids is 2. The summed E-state index contributed by atoms with van der Waals surface area (Å²) in [4.78, 5) is 24.5. The van der Waals surface area contributed by atoms with Gasteiger partial charge in [0.25, 0.3) is 5.91 Å². The van der Waals surface area contributed by atoms with E-state index in [0.717, 1.165) is 11.1 Å². The van der Waals surface area contributed by atoms with Crippen LogP contribution in [0.4, 0.5) is 5.69 Å². The molecule has 0 aliphatic heterocycles. The number of hydrogen-bond acceptors (Lipinski definition) is 4. The Balaban J connectivity index is 1.98. The van der Waals surface area contributed by atoms with E-state index in [1.54, 1.807) is 26.0 Å². The molecule has 132 valence electrons. The van der Waals surface area contributed by atoms with Gasteiger partial charge in [-0.25, -0.2) is 0 Å². The van der Waals surface area contributed by atoms with Gasteiger partial charge >= 0.3 is 5.97 Å². The molecule has 0 radical (unpaired) electrons. The van der Waals surface area contributed by atoms with Crippen LogP contribution >= 0.6 is 0 Å². The van der Waals surface area contributed by atoms with E-state index < -0.39 is 17.3 Å². The van der Waals surface area contributed by atoms with Crippen molar-refractivity contribution in [1.82, 2.24) is 0 Å². The van der Waals surface area contributed by atoms with Crippen molar-refractivity contribution in [3.8, 4) is 5.75 Å². The predicted octanol–water partition coefficient (Wildman–Crippen LogP) is 3.46.